The molecule has 25 heteroatoms. The van der Waals surface area contributed by atoms with E-state index in [-0.39, 0.29) is 19.3 Å². The number of carbonyl (C=O) groups excluding carboxylic acids is 3. The SMILES string of the molecule is CCCCCCCCCCCCCCCCCC(=O)OCC(COP(=O)(O)OC1C(OC2OC(CO)C(O)C(O)C2O)C(O)C(O)C(O)C1OC1OC(COC(=O)CCCCCCCCC(C)CCCCCCCC)C(O)C(O)C1O)OC(=O)CCCCCCCCC(C)CCCCCCCC. The third kappa shape index (κ3) is 39.9. The first-order valence-corrected chi connectivity index (χ1v) is 42.1. The van der Waals surface area contributed by atoms with Gasteiger partial charge in [0.25, 0.3) is 0 Å². The fraction of sp³-hybridized carbons (Fsp3) is 0.961. The molecule has 3 aliphatic rings. The minimum absolute atomic E-state index is 0.0306. The van der Waals surface area contributed by atoms with Crippen LogP contribution in [0.25, 0.3) is 0 Å². The van der Waals surface area contributed by atoms with Crippen molar-refractivity contribution in [1.82, 2.24) is 0 Å². The Bertz CT molecular complexity index is 2130. The fourth-order valence-electron chi connectivity index (χ4n) is 13.9. The van der Waals surface area contributed by atoms with Crippen molar-refractivity contribution in [2.45, 2.75) is 434 Å². The number of unbranched alkanes of at least 4 members (excludes halogenated alkanes) is 34. The minimum atomic E-state index is -5.70. The molecule has 1 saturated carbocycles. The maximum atomic E-state index is 14.4. The topological polar surface area (TPSA) is 374 Å². The van der Waals surface area contributed by atoms with E-state index in [1.165, 1.54) is 167 Å². The summed E-state index contributed by atoms with van der Waals surface area (Å²) in [5, 5.41) is 110. The highest BCUT2D eigenvalue weighted by Gasteiger charge is 2.58. The van der Waals surface area contributed by atoms with Gasteiger partial charge in [0.2, 0.25) is 0 Å². The quantitative estimate of drug-likeness (QED) is 0.0117. The second kappa shape index (κ2) is 57.1. The van der Waals surface area contributed by atoms with Gasteiger partial charge < -0.3 is 89.1 Å². The molecule has 0 amide bonds. The van der Waals surface area contributed by atoms with E-state index in [0.29, 0.717) is 31.1 Å². The Hall–Kier alpha value is -2.04. The average Bonchev–Trinajstić information content (AvgIpc) is 0.762. The third-order valence-electron chi connectivity index (χ3n) is 20.7. The van der Waals surface area contributed by atoms with Crippen molar-refractivity contribution in [1.29, 1.82) is 0 Å². The molecule has 2 saturated heterocycles. The Kier molecular flexibility index (Phi) is 52.7. The molecule has 102 heavy (non-hydrogen) atoms. The number of phosphoric ester groups is 1. The Morgan fingerprint density at radius 1 is 0.373 bits per heavy atom. The summed E-state index contributed by atoms with van der Waals surface area (Å²) in [4.78, 5) is 51.2. The number of phosphoric acid groups is 1. The molecule has 0 radical (unpaired) electrons. The largest absolute Gasteiger partial charge is 0.472 e. The molecule has 602 valence electrons. The number of aliphatic hydroxyl groups excluding tert-OH is 10. The minimum Gasteiger partial charge on any atom is -0.463 e. The molecule has 0 bridgehead atoms. The molecule has 3 rings (SSSR count). The number of aliphatic hydroxyl groups is 10. The molecule has 24 nitrogen and oxygen atoms in total. The first-order valence-electron chi connectivity index (χ1n) is 40.6. The van der Waals surface area contributed by atoms with E-state index < -0.39 is 156 Å². The Balaban J connectivity index is 1.72. The Morgan fingerprint density at radius 2 is 0.686 bits per heavy atom. The molecule has 20 unspecified atom stereocenters. The fourth-order valence-corrected chi connectivity index (χ4v) is 14.9. The van der Waals surface area contributed by atoms with Crippen LogP contribution in [-0.4, -0.2) is 204 Å². The molecule has 0 aromatic rings. The van der Waals surface area contributed by atoms with E-state index >= 15 is 0 Å². The lowest BCUT2D eigenvalue weighted by atomic mass is 9.84. The summed E-state index contributed by atoms with van der Waals surface area (Å²) in [7, 11) is -5.70. The number of ether oxygens (including phenoxy) is 7. The van der Waals surface area contributed by atoms with Crippen LogP contribution in [-0.2, 0) is 61.2 Å². The molecule has 2 aliphatic heterocycles. The van der Waals surface area contributed by atoms with Crippen molar-refractivity contribution in [3.8, 4) is 0 Å². The predicted octanol–water partition coefficient (Wildman–Crippen LogP) is 12.2. The number of rotatable bonds is 63. The maximum absolute atomic E-state index is 14.4. The smallest absolute Gasteiger partial charge is 0.463 e. The van der Waals surface area contributed by atoms with Crippen LogP contribution < -0.4 is 0 Å². The molecule has 11 N–H and O–H groups in total. The van der Waals surface area contributed by atoms with Crippen LogP contribution in [0.1, 0.15) is 330 Å². The van der Waals surface area contributed by atoms with Gasteiger partial charge in [-0.1, -0.05) is 291 Å². The molecule has 2 heterocycles. The molecule has 1 aliphatic carbocycles. The van der Waals surface area contributed by atoms with E-state index in [1.807, 2.05) is 0 Å². The predicted molar refractivity (Wildman–Crippen MR) is 388 cm³/mol. The van der Waals surface area contributed by atoms with Crippen molar-refractivity contribution in [3.05, 3.63) is 0 Å². The summed E-state index contributed by atoms with van der Waals surface area (Å²) in [5.74, 6) is -0.597. The summed E-state index contributed by atoms with van der Waals surface area (Å²) in [6, 6.07) is 0. The number of hydrogen-bond acceptors (Lipinski definition) is 23. The third-order valence-corrected chi connectivity index (χ3v) is 21.7. The average molecular weight is 1490 g/mol. The van der Waals surface area contributed by atoms with Crippen LogP contribution in [0.4, 0.5) is 0 Å². The van der Waals surface area contributed by atoms with Crippen molar-refractivity contribution in [2.24, 2.45) is 11.8 Å². The molecule has 0 aromatic carbocycles. The summed E-state index contributed by atoms with van der Waals surface area (Å²) >= 11 is 0. The van der Waals surface area contributed by atoms with Gasteiger partial charge in [0, 0.05) is 19.3 Å². The maximum Gasteiger partial charge on any atom is 0.472 e. The Morgan fingerprint density at radius 3 is 1.06 bits per heavy atom. The zero-order valence-corrected chi connectivity index (χ0v) is 64.4. The van der Waals surface area contributed by atoms with E-state index in [9.17, 15) is 74.9 Å². The van der Waals surface area contributed by atoms with E-state index in [1.54, 1.807) is 0 Å². The van der Waals surface area contributed by atoms with Gasteiger partial charge in [-0.3, -0.25) is 23.4 Å². The van der Waals surface area contributed by atoms with Gasteiger partial charge in [-0.05, 0) is 31.1 Å². The van der Waals surface area contributed by atoms with E-state index in [0.717, 1.165) is 89.9 Å². The number of hydrogen-bond donors (Lipinski definition) is 11. The van der Waals surface area contributed by atoms with Crippen molar-refractivity contribution < 1.29 is 117 Å². The lowest BCUT2D eigenvalue weighted by Crippen LogP contribution is -2.69. The van der Waals surface area contributed by atoms with E-state index in [4.69, 9.17) is 42.2 Å². The first-order chi connectivity index (χ1) is 49.1. The summed E-state index contributed by atoms with van der Waals surface area (Å²) in [6.07, 6.45) is 12.9. The van der Waals surface area contributed by atoms with Gasteiger partial charge in [-0.25, -0.2) is 4.57 Å². The van der Waals surface area contributed by atoms with Crippen LogP contribution in [0.3, 0.4) is 0 Å². The molecular weight excluding hydrogens is 1340 g/mol. The van der Waals surface area contributed by atoms with Crippen molar-refractivity contribution in [3.63, 3.8) is 0 Å². The highest BCUT2D eigenvalue weighted by atomic mass is 31.2. The molecule has 20 atom stereocenters. The molecule has 0 spiro atoms. The standard InChI is InChI=1S/C77H145O24P/c1-6-9-12-15-18-19-20-21-22-23-24-25-26-35-42-49-61(79)93-53-58(96-63(81)51-44-37-30-28-34-41-48-57(5)46-39-32-17-14-11-8-3)54-95-102(91,92)101-75-73(99-76-71(89)66(84)64(82)59(52-78)97-76)69(87)68(86)70(88)74(75)100-77-72(90)67(85)65(83)60(98-77)55-94-62(80)50-43-36-29-27-33-40-47-56(4)45-38-31-16-13-10-7-2/h56-60,64-78,82-90H,6-55H2,1-5H3,(H,91,92). The van der Waals surface area contributed by atoms with Crippen LogP contribution >= 0.6 is 7.82 Å². The normalized spacial score (nSPS) is 27.6. The second-order valence-electron chi connectivity index (χ2n) is 30.0. The summed E-state index contributed by atoms with van der Waals surface area (Å²) < 4.78 is 65.3. The van der Waals surface area contributed by atoms with Gasteiger partial charge in [0.1, 0.15) is 98.7 Å². The summed E-state index contributed by atoms with van der Waals surface area (Å²) in [5.41, 5.74) is 0. The highest BCUT2D eigenvalue weighted by Crippen LogP contribution is 2.49. The van der Waals surface area contributed by atoms with Crippen LogP contribution in [0.2, 0.25) is 0 Å². The molecular formula is C77H145O24P. The monoisotopic (exact) mass is 1480 g/mol. The van der Waals surface area contributed by atoms with Gasteiger partial charge >= 0.3 is 25.7 Å². The lowest BCUT2D eigenvalue weighted by molar-refractivity contribution is -0.360. The zero-order chi connectivity index (χ0) is 74.9. The first kappa shape index (κ1) is 94.2. The number of carbonyl (C=O) groups is 3. The van der Waals surface area contributed by atoms with Crippen LogP contribution in [0, 0.1) is 11.8 Å². The van der Waals surface area contributed by atoms with Crippen molar-refractivity contribution in [2.75, 3.05) is 26.4 Å². The van der Waals surface area contributed by atoms with Gasteiger partial charge in [0.15, 0.2) is 18.7 Å². The van der Waals surface area contributed by atoms with Crippen molar-refractivity contribution >= 4 is 25.7 Å². The van der Waals surface area contributed by atoms with E-state index in [2.05, 4.69) is 34.6 Å². The molecule has 3 fully saturated rings. The van der Waals surface area contributed by atoms with Gasteiger partial charge in [-0.2, -0.15) is 0 Å². The van der Waals surface area contributed by atoms with Gasteiger partial charge in [-0.15, -0.1) is 0 Å². The molecule has 0 aromatic heterocycles. The van der Waals surface area contributed by atoms with Gasteiger partial charge in [0.05, 0.1) is 13.2 Å². The lowest BCUT2D eigenvalue weighted by Gasteiger charge is -2.49. The second-order valence-corrected chi connectivity index (χ2v) is 31.4. The Labute approximate surface area is 612 Å². The number of esters is 3. The van der Waals surface area contributed by atoms with Crippen LogP contribution in [0.5, 0.6) is 0 Å². The summed E-state index contributed by atoms with van der Waals surface area (Å²) in [6.45, 7) is 8.13. The highest BCUT2D eigenvalue weighted by molar-refractivity contribution is 7.47. The zero-order valence-electron chi connectivity index (χ0n) is 63.5. The van der Waals surface area contributed by atoms with Crippen LogP contribution in [0.15, 0.2) is 0 Å².